The number of hydrogen-bond donors (Lipinski definition) is 1. The van der Waals surface area contributed by atoms with E-state index in [1.54, 1.807) is 25.4 Å². The van der Waals surface area contributed by atoms with Crippen LogP contribution in [0, 0.1) is 0 Å². The lowest BCUT2D eigenvalue weighted by atomic mass is 10.2. The zero-order chi connectivity index (χ0) is 20.0. The number of halogens is 3. The minimum Gasteiger partial charge on any atom is -0.405 e. The third-order valence-corrected chi connectivity index (χ3v) is 4.40. The first-order valence-corrected chi connectivity index (χ1v) is 8.85. The predicted molar refractivity (Wildman–Crippen MR) is 96.7 cm³/mol. The van der Waals surface area contributed by atoms with Crippen LogP contribution in [0.1, 0.15) is 11.3 Å². The molecule has 1 aliphatic rings. The van der Waals surface area contributed by atoms with E-state index in [4.69, 9.17) is 4.52 Å². The average Bonchev–Trinajstić information content (AvgIpc) is 3.16. The number of alkyl halides is 3. The van der Waals surface area contributed by atoms with Gasteiger partial charge in [-0.2, -0.15) is 0 Å². The highest BCUT2D eigenvalue weighted by molar-refractivity contribution is 5.80. The Balaban J connectivity index is 1.53. The van der Waals surface area contributed by atoms with Gasteiger partial charge in [0.2, 0.25) is 0 Å². The van der Waals surface area contributed by atoms with Crippen LogP contribution in [0.3, 0.4) is 0 Å². The van der Waals surface area contributed by atoms with E-state index >= 15 is 0 Å². The number of aromatic nitrogens is 1. The van der Waals surface area contributed by atoms with Crippen LogP contribution in [0.2, 0.25) is 0 Å². The summed E-state index contributed by atoms with van der Waals surface area (Å²) in [5, 5.41) is 7.04. The molecule has 0 aliphatic carbocycles. The van der Waals surface area contributed by atoms with Gasteiger partial charge in [-0.3, -0.25) is 9.89 Å². The van der Waals surface area contributed by atoms with Crippen molar-refractivity contribution in [3.05, 3.63) is 47.9 Å². The Hall–Kier alpha value is -2.75. The number of hydrogen-bond acceptors (Lipinski definition) is 5. The maximum Gasteiger partial charge on any atom is 0.573 e. The highest BCUT2D eigenvalue weighted by Gasteiger charge is 2.32. The zero-order valence-electron chi connectivity index (χ0n) is 15.4. The highest BCUT2D eigenvalue weighted by Crippen LogP contribution is 2.26. The molecular formula is C18H22F3N5O2. The van der Waals surface area contributed by atoms with Crippen LogP contribution in [-0.2, 0) is 13.1 Å². The maximum absolute atomic E-state index is 12.6. The molecule has 2 heterocycles. The van der Waals surface area contributed by atoms with Gasteiger partial charge >= 0.3 is 6.36 Å². The summed E-state index contributed by atoms with van der Waals surface area (Å²) in [5.74, 6) is 0.429. The normalized spacial score (nSPS) is 16.3. The fourth-order valence-corrected chi connectivity index (χ4v) is 3.05. The summed E-state index contributed by atoms with van der Waals surface area (Å²) in [7, 11) is 1.65. The van der Waals surface area contributed by atoms with Crippen molar-refractivity contribution in [2.75, 3.05) is 33.2 Å². The van der Waals surface area contributed by atoms with Gasteiger partial charge in [-0.1, -0.05) is 23.4 Å². The molecule has 1 saturated heterocycles. The van der Waals surface area contributed by atoms with E-state index in [0.717, 1.165) is 38.4 Å². The summed E-state index contributed by atoms with van der Waals surface area (Å²) in [6, 6.07) is 7.92. The number of para-hydroxylation sites is 1. The molecule has 10 heteroatoms. The Morgan fingerprint density at radius 3 is 2.61 bits per heavy atom. The second kappa shape index (κ2) is 8.96. The molecule has 2 aromatic rings. The van der Waals surface area contributed by atoms with Crippen LogP contribution < -0.4 is 10.1 Å². The van der Waals surface area contributed by atoms with E-state index < -0.39 is 6.36 Å². The molecule has 0 atom stereocenters. The molecule has 1 aromatic carbocycles. The lowest BCUT2D eigenvalue weighted by Crippen LogP contribution is -2.52. The number of guanidine groups is 1. The first kappa shape index (κ1) is 20.0. The van der Waals surface area contributed by atoms with E-state index in [9.17, 15) is 13.2 Å². The van der Waals surface area contributed by atoms with E-state index in [-0.39, 0.29) is 12.3 Å². The van der Waals surface area contributed by atoms with Crippen LogP contribution in [0.4, 0.5) is 13.2 Å². The number of rotatable bonds is 5. The van der Waals surface area contributed by atoms with Crippen molar-refractivity contribution in [2.45, 2.75) is 19.5 Å². The number of nitrogens with zero attached hydrogens (tertiary/aromatic N) is 4. The quantitative estimate of drug-likeness (QED) is 0.618. The first-order chi connectivity index (χ1) is 13.4. The van der Waals surface area contributed by atoms with E-state index in [2.05, 4.69) is 30.0 Å². The van der Waals surface area contributed by atoms with Gasteiger partial charge in [0.25, 0.3) is 0 Å². The molecule has 152 valence electrons. The number of benzene rings is 1. The molecule has 0 unspecified atom stereocenters. The predicted octanol–water partition coefficient (Wildman–Crippen LogP) is 2.47. The first-order valence-electron chi connectivity index (χ1n) is 8.85. The van der Waals surface area contributed by atoms with E-state index in [0.29, 0.717) is 11.5 Å². The third kappa shape index (κ3) is 5.62. The number of nitrogens with one attached hydrogen (secondary N) is 1. The fraction of sp³-hybridized carbons (Fsp3) is 0.444. The SMILES string of the molecule is CN=C(NCc1ccccc1OC(F)(F)F)N1CCN(Cc2ccon2)CC1. The molecule has 28 heavy (non-hydrogen) atoms. The molecule has 0 spiro atoms. The largest absolute Gasteiger partial charge is 0.573 e. The van der Waals surface area contributed by atoms with Crippen molar-refractivity contribution in [2.24, 2.45) is 4.99 Å². The van der Waals surface area contributed by atoms with Crippen LogP contribution in [-0.4, -0.2) is 60.5 Å². The standard InChI is InChI=1S/C18H22F3N5O2/c1-22-17(23-12-14-4-2-3-5-16(14)28-18(19,20)21)26-9-7-25(8-10-26)13-15-6-11-27-24-15/h2-6,11H,7-10,12-13H2,1H3,(H,22,23). The lowest BCUT2D eigenvalue weighted by molar-refractivity contribution is -0.274. The Labute approximate surface area is 160 Å². The van der Waals surface area contributed by atoms with Crippen molar-refractivity contribution in [3.63, 3.8) is 0 Å². The molecule has 1 aliphatic heterocycles. The van der Waals surface area contributed by atoms with E-state index in [1.165, 1.54) is 12.1 Å². The van der Waals surface area contributed by atoms with Crippen molar-refractivity contribution < 1.29 is 22.4 Å². The summed E-state index contributed by atoms with van der Waals surface area (Å²) in [6.45, 7) is 4.04. The molecule has 1 fully saturated rings. The molecule has 7 nitrogen and oxygen atoms in total. The van der Waals surface area contributed by atoms with Crippen molar-refractivity contribution in [1.29, 1.82) is 0 Å². The molecule has 1 aromatic heterocycles. The average molecular weight is 397 g/mol. The van der Waals surface area contributed by atoms with Crippen molar-refractivity contribution in [1.82, 2.24) is 20.3 Å². The van der Waals surface area contributed by atoms with Gasteiger partial charge in [0, 0.05) is 57.9 Å². The number of aliphatic imine (C=N–C) groups is 1. The van der Waals surface area contributed by atoms with Gasteiger partial charge in [0.15, 0.2) is 5.96 Å². The second-order valence-corrected chi connectivity index (χ2v) is 6.31. The topological polar surface area (TPSA) is 66.1 Å². The summed E-state index contributed by atoms with van der Waals surface area (Å²) in [6.07, 6.45) is -3.17. The smallest absolute Gasteiger partial charge is 0.405 e. The van der Waals surface area contributed by atoms with Gasteiger partial charge in [-0.25, -0.2) is 0 Å². The number of piperazine rings is 1. The Morgan fingerprint density at radius 2 is 1.96 bits per heavy atom. The van der Waals surface area contributed by atoms with Crippen LogP contribution >= 0.6 is 0 Å². The minimum absolute atomic E-state index is 0.179. The minimum atomic E-state index is -4.72. The molecule has 0 radical (unpaired) electrons. The van der Waals surface area contributed by atoms with Crippen LogP contribution in [0.5, 0.6) is 5.75 Å². The lowest BCUT2D eigenvalue weighted by Gasteiger charge is -2.36. The van der Waals surface area contributed by atoms with Crippen molar-refractivity contribution >= 4 is 5.96 Å². The van der Waals surface area contributed by atoms with Crippen LogP contribution in [0.15, 0.2) is 46.1 Å². The molecule has 0 saturated carbocycles. The van der Waals surface area contributed by atoms with Gasteiger partial charge in [-0.15, -0.1) is 13.2 Å². The Kier molecular flexibility index (Phi) is 6.40. The van der Waals surface area contributed by atoms with Gasteiger partial charge in [-0.05, 0) is 6.07 Å². The molecular weight excluding hydrogens is 375 g/mol. The molecule has 0 amide bonds. The number of ether oxygens (including phenoxy) is 1. The van der Waals surface area contributed by atoms with Crippen molar-refractivity contribution in [3.8, 4) is 5.75 Å². The van der Waals surface area contributed by atoms with Gasteiger partial charge in [0.05, 0.1) is 5.69 Å². The molecule has 0 bridgehead atoms. The third-order valence-electron chi connectivity index (χ3n) is 4.40. The molecule has 1 N–H and O–H groups in total. The molecule has 3 rings (SSSR count). The van der Waals surface area contributed by atoms with Gasteiger partial charge in [0.1, 0.15) is 12.0 Å². The van der Waals surface area contributed by atoms with Gasteiger partial charge < -0.3 is 19.5 Å². The summed E-state index contributed by atoms with van der Waals surface area (Å²) < 4.78 is 46.6. The van der Waals surface area contributed by atoms with Crippen LogP contribution in [0.25, 0.3) is 0 Å². The van der Waals surface area contributed by atoms with E-state index in [1.807, 2.05) is 6.07 Å². The summed E-state index contributed by atoms with van der Waals surface area (Å²) in [5.41, 5.74) is 1.29. The fourth-order valence-electron chi connectivity index (χ4n) is 3.05. The Bertz CT molecular complexity index is 772. The Morgan fingerprint density at radius 1 is 1.21 bits per heavy atom. The highest BCUT2D eigenvalue weighted by atomic mass is 19.4. The maximum atomic E-state index is 12.6. The monoisotopic (exact) mass is 397 g/mol. The zero-order valence-corrected chi connectivity index (χ0v) is 15.4. The summed E-state index contributed by atoms with van der Waals surface area (Å²) >= 11 is 0. The summed E-state index contributed by atoms with van der Waals surface area (Å²) in [4.78, 5) is 8.59. The second-order valence-electron chi connectivity index (χ2n) is 6.31.